The second kappa shape index (κ2) is 4.83. The number of allylic oxidation sites excluding steroid dienone is 3. The minimum atomic E-state index is 0.221. The largest absolute Gasteiger partial charge is 0.355 e. The molecule has 0 saturated carbocycles. The summed E-state index contributed by atoms with van der Waals surface area (Å²) >= 11 is 1.50. The lowest BCUT2D eigenvalue weighted by Gasteiger charge is -2.41. The maximum absolute atomic E-state index is 9.13. The van der Waals surface area contributed by atoms with Gasteiger partial charge < -0.3 is 15.4 Å². The van der Waals surface area contributed by atoms with E-state index in [0.717, 1.165) is 31.0 Å². The van der Waals surface area contributed by atoms with Gasteiger partial charge in [0.05, 0.1) is 23.4 Å². The molecule has 100 valence electrons. The van der Waals surface area contributed by atoms with Gasteiger partial charge in [0.1, 0.15) is 11.9 Å². The van der Waals surface area contributed by atoms with E-state index in [4.69, 9.17) is 11.0 Å². The second-order valence-electron chi connectivity index (χ2n) is 5.26. The molecule has 0 spiro atoms. The van der Waals surface area contributed by atoms with Crippen LogP contribution in [0.3, 0.4) is 0 Å². The van der Waals surface area contributed by atoms with Crippen LogP contribution in [-0.4, -0.2) is 28.3 Å². The van der Waals surface area contributed by atoms with Crippen molar-refractivity contribution in [2.24, 2.45) is 11.7 Å². The van der Waals surface area contributed by atoms with Crippen LogP contribution < -0.4 is 10.5 Å². The fourth-order valence-corrected chi connectivity index (χ4v) is 3.62. The summed E-state index contributed by atoms with van der Waals surface area (Å²) in [5.74, 6) is 1.71. The molecule has 0 unspecified atom stereocenters. The van der Waals surface area contributed by atoms with Crippen molar-refractivity contribution >= 4 is 12.1 Å². The molecule has 0 amide bonds. The predicted octanol–water partition coefficient (Wildman–Crippen LogP) is 1.27. The van der Waals surface area contributed by atoms with E-state index < -0.39 is 0 Å². The Kier molecular flexibility index (Phi) is 3.17. The molecule has 0 aromatic carbocycles. The van der Waals surface area contributed by atoms with Crippen LogP contribution in [-0.2, 0) is 0 Å². The third-order valence-corrected chi connectivity index (χ3v) is 4.37. The van der Waals surface area contributed by atoms with Gasteiger partial charge in [0.25, 0.3) is 0 Å². The standard InChI is InChI=1S/C13H17N5S/c1-9-4-11(15)8-17(7-9)13-3-2-10(5-14)12-6-16-19-18(12)13/h2-3,6,9,11,16H,4,7-8,15H2,1H3/t9-,11+/m0/s1. The highest BCUT2D eigenvalue weighted by molar-refractivity contribution is 7.95. The molecule has 1 fully saturated rings. The molecule has 5 nitrogen and oxygen atoms in total. The summed E-state index contributed by atoms with van der Waals surface area (Å²) in [7, 11) is 0. The van der Waals surface area contributed by atoms with Crippen LogP contribution >= 0.6 is 12.1 Å². The Hall–Kier alpha value is -1.58. The average molecular weight is 275 g/mol. The lowest BCUT2D eigenvalue weighted by atomic mass is 9.96. The molecule has 6 heteroatoms. The molecule has 3 rings (SSSR count). The van der Waals surface area contributed by atoms with E-state index in [0.29, 0.717) is 11.5 Å². The van der Waals surface area contributed by atoms with Crippen molar-refractivity contribution in [3.05, 3.63) is 35.4 Å². The average Bonchev–Trinajstić information content (AvgIpc) is 2.85. The summed E-state index contributed by atoms with van der Waals surface area (Å²) < 4.78 is 5.18. The Morgan fingerprint density at radius 3 is 3.05 bits per heavy atom. The van der Waals surface area contributed by atoms with E-state index in [2.05, 4.69) is 26.9 Å². The van der Waals surface area contributed by atoms with Gasteiger partial charge in [0, 0.05) is 25.3 Å². The number of nitrogens with two attached hydrogens (primary N) is 1. The van der Waals surface area contributed by atoms with Crippen LogP contribution in [0, 0.1) is 17.2 Å². The van der Waals surface area contributed by atoms with Crippen molar-refractivity contribution in [1.82, 2.24) is 13.9 Å². The van der Waals surface area contributed by atoms with E-state index in [9.17, 15) is 0 Å². The molecule has 3 aliphatic rings. The van der Waals surface area contributed by atoms with Crippen molar-refractivity contribution in [1.29, 1.82) is 5.26 Å². The number of nitriles is 1. The summed E-state index contributed by atoms with van der Waals surface area (Å²) in [5.41, 5.74) is 7.74. The van der Waals surface area contributed by atoms with Crippen LogP contribution in [0.4, 0.5) is 0 Å². The van der Waals surface area contributed by atoms with Gasteiger partial charge in [-0.1, -0.05) is 6.92 Å². The first-order valence-corrected chi connectivity index (χ1v) is 7.22. The number of fused-ring (bicyclic) bond motifs is 1. The first kappa shape index (κ1) is 12.5. The van der Waals surface area contributed by atoms with Crippen molar-refractivity contribution < 1.29 is 0 Å². The molecular formula is C13H17N5S. The zero-order valence-corrected chi connectivity index (χ0v) is 11.7. The summed E-state index contributed by atoms with van der Waals surface area (Å²) in [4.78, 5) is 2.32. The number of nitrogens with zero attached hydrogens (tertiary/aromatic N) is 3. The molecule has 3 aliphatic heterocycles. The highest BCUT2D eigenvalue weighted by Crippen LogP contribution is 2.37. The van der Waals surface area contributed by atoms with Crippen LogP contribution in [0.5, 0.6) is 0 Å². The summed E-state index contributed by atoms with van der Waals surface area (Å²) in [6.07, 6.45) is 6.86. The number of rotatable bonds is 1. The highest BCUT2D eigenvalue weighted by Gasteiger charge is 2.32. The smallest absolute Gasteiger partial charge is 0.120 e. The van der Waals surface area contributed by atoms with E-state index in [1.165, 1.54) is 12.1 Å². The van der Waals surface area contributed by atoms with Gasteiger partial charge in [0.15, 0.2) is 0 Å². The second-order valence-corrected chi connectivity index (χ2v) is 6.04. The Balaban J connectivity index is 1.89. The zero-order chi connectivity index (χ0) is 13.4. The molecule has 0 aromatic heterocycles. The molecular weight excluding hydrogens is 258 g/mol. The van der Waals surface area contributed by atoms with Gasteiger partial charge >= 0.3 is 0 Å². The predicted molar refractivity (Wildman–Crippen MR) is 75.8 cm³/mol. The third kappa shape index (κ3) is 2.20. The van der Waals surface area contributed by atoms with Crippen LogP contribution in [0.15, 0.2) is 35.4 Å². The van der Waals surface area contributed by atoms with Crippen LogP contribution in [0.2, 0.25) is 0 Å². The van der Waals surface area contributed by atoms with E-state index >= 15 is 0 Å². The number of hydrogen-bond donors (Lipinski definition) is 2. The van der Waals surface area contributed by atoms with Crippen molar-refractivity contribution in [3.8, 4) is 6.07 Å². The van der Waals surface area contributed by atoms with Gasteiger partial charge in [-0.15, -0.1) is 0 Å². The fraction of sp³-hybridized carbons (Fsp3) is 0.462. The normalized spacial score (nSPS) is 29.8. The molecule has 3 N–H and O–H groups in total. The molecule has 0 aromatic rings. The van der Waals surface area contributed by atoms with Crippen molar-refractivity contribution in [2.75, 3.05) is 13.1 Å². The van der Waals surface area contributed by atoms with Crippen LogP contribution in [0.25, 0.3) is 0 Å². The van der Waals surface area contributed by atoms with Gasteiger partial charge in [-0.25, -0.2) is 4.31 Å². The fourth-order valence-electron chi connectivity index (χ4n) is 2.83. The van der Waals surface area contributed by atoms with E-state index in [1.807, 2.05) is 18.4 Å². The summed E-state index contributed by atoms with van der Waals surface area (Å²) in [5, 5.41) is 9.13. The molecule has 0 bridgehead atoms. The molecule has 0 aliphatic carbocycles. The lowest BCUT2D eigenvalue weighted by molar-refractivity contribution is 0.184. The molecule has 2 atom stereocenters. The first-order chi connectivity index (χ1) is 9.19. The molecule has 19 heavy (non-hydrogen) atoms. The Morgan fingerprint density at radius 1 is 1.47 bits per heavy atom. The van der Waals surface area contributed by atoms with Gasteiger partial charge in [0.2, 0.25) is 0 Å². The number of piperidine rings is 1. The third-order valence-electron chi connectivity index (χ3n) is 3.58. The molecule has 3 heterocycles. The monoisotopic (exact) mass is 275 g/mol. The summed E-state index contributed by atoms with van der Waals surface area (Å²) in [6.45, 7) is 4.12. The Labute approximate surface area is 117 Å². The van der Waals surface area contributed by atoms with Gasteiger partial charge in [-0.3, -0.25) is 0 Å². The molecule has 1 saturated heterocycles. The SMILES string of the molecule is C[C@H]1C[C@@H](N)CN(C2=CC=C(C#N)C3=CNSN32)C1. The van der Waals surface area contributed by atoms with E-state index in [-0.39, 0.29) is 6.04 Å². The number of likely N-dealkylation sites (tertiary alicyclic amines) is 1. The maximum Gasteiger partial charge on any atom is 0.120 e. The minimum absolute atomic E-state index is 0.221. The highest BCUT2D eigenvalue weighted by atomic mass is 32.2. The number of nitrogens with one attached hydrogen (secondary N) is 1. The Bertz CT molecular complexity index is 506. The van der Waals surface area contributed by atoms with Crippen LogP contribution in [0.1, 0.15) is 13.3 Å². The van der Waals surface area contributed by atoms with Gasteiger partial charge in [-0.05, 0) is 24.5 Å². The van der Waals surface area contributed by atoms with Crippen molar-refractivity contribution in [3.63, 3.8) is 0 Å². The van der Waals surface area contributed by atoms with Gasteiger partial charge in [-0.2, -0.15) is 5.26 Å². The number of hydrogen-bond acceptors (Lipinski definition) is 6. The van der Waals surface area contributed by atoms with Crippen molar-refractivity contribution in [2.45, 2.75) is 19.4 Å². The van der Waals surface area contributed by atoms with E-state index in [1.54, 1.807) is 0 Å². The lowest BCUT2D eigenvalue weighted by Crippen LogP contribution is -2.48. The minimum Gasteiger partial charge on any atom is -0.355 e. The zero-order valence-electron chi connectivity index (χ0n) is 10.8. The summed E-state index contributed by atoms with van der Waals surface area (Å²) in [6, 6.07) is 2.45. The topological polar surface area (TPSA) is 68.3 Å². The first-order valence-electron chi connectivity index (χ1n) is 6.45. The maximum atomic E-state index is 9.13. The quantitative estimate of drug-likeness (QED) is 0.702. The Morgan fingerprint density at radius 2 is 2.32 bits per heavy atom. The molecule has 0 radical (unpaired) electrons.